The molecule has 0 spiro atoms. The minimum atomic E-state index is -4.35. The number of unbranched alkanes of at least 4 members (excludes halogenated alkanes) is 17. The predicted molar refractivity (Wildman–Crippen MR) is 217 cm³/mol. The van der Waals surface area contributed by atoms with Crippen molar-refractivity contribution in [3.8, 4) is 0 Å². The third-order valence-corrected chi connectivity index (χ3v) is 9.51. The Balaban J connectivity index is 4.22. The summed E-state index contributed by atoms with van der Waals surface area (Å²) in [5, 5.41) is 13.6. The zero-order chi connectivity index (χ0) is 37.5. The fourth-order valence-electron chi connectivity index (χ4n) is 5.43. The van der Waals surface area contributed by atoms with Crippen molar-refractivity contribution in [1.29, 1.82) is 0 Å². The number of aliphatic hydroxyl groups excluding tert-OH is 1. The summed E-state index contributed by atoms with van der Waals surface area (Å²) < 4.78 is 22.0. The molecule has 3 atom stereocenters. The topological polar surface area (TPSA) is 131 Å². The lowest BCUT2D eigenvalue weighted by Crippen LogP contribution is -2.45. The first-order chi connectivity index (χ1) is 24.9. The summed E-state index contributed by atoms with van der Waals surface area (Å²) in [6, 6.07) is -0.886. The van der Waals surface area contributed by atoms with Crippen LogP contribution in [0.25, 0.3) is 0 Å². The van der Waals surface area contributed by atoms with Crippen LogP contribution in [0.15, 0.2) is 60.8 Å². The van der Waals surface area contributed by atoms with Gasteiger partial charge in [-0.25, -0.2) is 4.57 Å². The number of phosphoric ester groups is 1. The molecule has 5 N–H and O–H groups in total. The molecule has 0 aromatic rings. The molecule has 0 bridgehead atoms. The van der Waals surface area contributed by atoms with E-state index in [1.54, 1.807) is 6.08 Å². The van der Waals surface area contributed by atoms with E-state index in [1.807, 2.05) is 6.08 Å². The quantitative estimate of drug-likeness (QED) is 0.0284. The third kappa shape index (κ3) is 36.4. The van der Waals surface area contributed by atoms with Crippen LogP contribution in [0.1, 0.15) is 168 Å². The van der Waals surface area contributed by atoms with Gasteiger partial charge in [0.1, 0.15) is 0 Å². The fourth-order valence-corrected chi connectivity index (χ4v) is 6.19. The van der Waals surface area contributed by atoms with Crippen molar-refractivity contribution in [1.82, 2.24) is 5.32 Å². The smallest absolute Gasteiger partial charge is 0.387 e. The average Bonchev–Trinajstić information content (AvgIpc) is 3.12. The van der Waals surface area contributed by atoms with Crippen LogP contribution in [0.2, 0.25) is 0 Å². The maximum absolute atomic E-state index is 12.7. The number of aliphatic hydroxyl groups is 1. The van der Waals surface area contributed by atoms with Crippen LogP contribution in [0.4, 0.5) is 0 Å². The standard InChI is InChI=1S/C42H77N2O6P/c1-3-5-7-9-11-13-15-16-17-18-19-20-21-22-23-24-26-28-30-32-34-36-42(46)44-40(39-50-51(47,48)49-38-37-43)41(45)35-33-31-29-27-25-14-12-10-8-6-4-2/h8,10,15-16,18-19,25,27,33,35,40-41,45H,3-7,9,11-14,17,20-24,26,28-32,34,36-39,43H2,1-2H3,(H,44,46)(H,47,48)/b10-8+,16-15-,19-18-,27-25+,35-33+. The molecule has 51 heavy (non-hydrogen) atoms. The van der Waals surface area contributed by atoms with Gasteiger partial charge in [0.15, 0.2) is 0 Å². The number of amides is 1. The molecule has 0 aliphatic rings. The zero-order valence-corrected chi connectivity index (χ0v) is 33.5. The van der Waals surface area contributed by atoms with Crippen molar-refractivity contribution < 1.29 is 28.4 Å². The van der Waals surface area contributed by atoms with E-state index in [4.69, 9.17) is 14.8 Å². The lowest BCUT2D eigenvalue weighted by Gasteiger charge is -2.23. The van der Waals surface area contributed by atoms with Crippen molar-refractivity contribution >= 4 is 13.7 Å². The molecule has 9 heteroatoms. The van der Waals surface area contributed by atoms with Gasteiger partial charge in [0, 0.05) is 13.0 Å². The second-order valence-electron chi connectivity index (χ2n) is 13.5. The van der Waals surface area contributed by atoms with Gasteiger partial charge in [-0.2, -0.15) is 0 Å². The number of nitrogens with two attached hydrogens (primary N) is 1. The highest BCUT2D eigenvalue weighted by Gasteiger charge is 2.26. The minimum Gasteiger partial charge on any atom is -0.387 e. The van der Waals surface area contributed by atoms with E-state index in [-0.39, 0.29) is 25.7 Å². The van der Waals surface area contributed by atoms with Crippen LogP contribution < -0.4 is 11.1 Å². The second-order valence-corrected chi connectivity index (χ2v) is 14.9. The molecule has 0 aromatic carbocycles. The molecule has 0 radical (unpaired) electrons. The lowest BCUT2D eigenvalue weighted by atomic mass is 10.1. The van der Waals surface area contributed by atoms with Crippen molar-refractivity contribution in [2.45, 2.75) is 180 Å². The Bertz CT molecular complexity index is 980. The Hall–Kier alpha value is -1.80. The fraction of sp³-hybridized carbons (Fsp3) is 0.738. The van der Waals surface area contributed by atoms with E-state index in [2.05, 4.69) is 67.8 Å². The summed E-state index contributed by atoms with van der Waals surface area (Å²) >= 11 is 0. The number of hydrogen-bond acceptors (Lipinski definition) is 6. The lowest BCUT2D eigenvalue weighted by molar-refractivity contribution is -0.123. The molecule has 0 heterocycles. The maximum Gasteiger partial charge on any atom is 0.472 e. The van der Waals surface area contributed by atoms with Crippen LogP contribution in [0.3, 0.4) is 0 Å². The molecule has 0 rings (SSSR count). The van der Waals surface area contributed by atoms with E-state index in [1.165, 1.54) is 89.9 Å². The van der Waals surface area contributed by atoms with Gasteiger partial charge in [-0.05, 0) is 70.6 Å². The Morgan fingerprint density at radius 3 is 1.69 bits per heavy atom. The maximum atomic E-state index is 12.7. The van der Waals surface area contributed by atoms with Gasteiger partial charge in [-0.15, -0.1) is 0 Å². The highest BCUT2D eigenvalue weighted by Crippen LogP contribution is 2.43. The van der Waals surface area contributed by atoms with Crippen molar-refractivity contribution in [2.75, 3.05) is 19.8 Å². The van der Waals surface area contributed by atoms with Crippen molar-refractivity contribution in [3.05, 3.63) is 60.8 Å². The Kier molecular flexibility index (Phi) is 36.6. The minimum absolute atomic E-state index is 0.0685. The van der Waals surface area contributed by atoms with E-state index < -0.39 is 20.0 Å². The number of nitrogens with one attached hydrogen (secondary N) is 1. The monoisotopic (exact) mass is 737 g/mol. The van der Waals surface area contributed by atoms with Crippen LogP contribution in [-0.2, 0) is 18.4 Å². The molecule has 296 valence electrons. The number of carbonyl (C=O) groups excluding carboxylic acids is 1. The second kappa shape index (κ2) is 37.9. The van der Waals surface area contributed by atoms with Crippen LogP contribution in [0.5, 0.6) is 0 Å². The predicted octanol–water partition coefficient (Wildman–Crippen LogP) is 11.1. The van der Waals surface area contributed by atoms with E-state index in [0.717, 1.165) is 57.8 Å². The molecule has 0 saturated heterocycles. The van der Waals surface area contributed by atoms with Gasteiger partial charge in [-0.1, -0.05) is 152 Å². The first-order valence-corrected chi connectivity index (χ1v) is 21.9. The molecule has 3 unspecified atom stereocenters. The van der Waals surface area contributed by atoms with Gasteiger partial charge < -0.3 is 21.1 Å². The highest BCUT2D eigenvalue weighted by atomic mass is 31.2. The molecular weight excluding hydrogens is 659 g/mol. The number of allylic oxidation sites excluding steroid dienone is 9. The first kappa shape index (κ1) is 49.2. The number of rotatable bonds is 37. The molecular formula is C42H77N2O6P. The van der Waals surface area contributed by atoms with E-state index in [0.29, 0.717) is 6.42 Å². The number of phosphoric acid groups is 1. The van der Waals surface area contributed by atoms with Crippen molar-refractivity contribution in [2.24, 2.45) is 5.73 Å². The van der Waals surface area contributed by atoms with Crippen LogP contribution >= 0.6 is 7.82 Å². The zero-order valence-electron chi connectivity index (χ0n) is 32.6. The molecule has 0 aliphatic carbocycles. The van der Waals surface area contributed by atoms with Crippen LogP contribution in [0, 0.1) is 0 Å². The molecule has 0 aliphatic heterocycles. The van der Waals surface area contributed by atoms with Crippen LogP contribution in [-0.4, -0.2) is 47.8 Å². The highest BCUT2D eigenvalue weighted by molar-refractivity contribution is 7.47. The summed E-state index contributed by atoms with van der Waals surface area (Å²) in [6.07, 6.45) is 47.0. The summed E-state index contributed by atoms with van der Waals surface area (Å²) in [5.41, 5.74) is 5.35. The Labute approximate surface area is 313 Å². The molecule has 8 nitrogen and oxygen atoms in total. The third-order valence-electron chi connectivity index (χ3n) is 8.52. The summed E-state index contributed by atoms with van der Waals surface area (Å²) in [7, 11) is -4.35. The van der Waals surface area contributed by atoms with Crippen molar-refractivity contribution in [3.63, 3.8) is 0 Å². The molecule has 0 aromatic heterocycles. The largest absolute Gasteiger partial charge is 0.472 e. The number of hydrogen-bond donors (Lipinski definition) is 4. The normalized spacial score (nSPS) is 14.8. The Morgan fingerprint density at radius 1 is 0.647 bits per heavy atom. The summed E-state index contributed by atoms with van der Waals surface area (Å²) in [4.78, 5) is 22.6. The SMILES string of the molecule is CCC/C=C/CC/C=C/CC/C=C/C(O)C(COP(=O)(O)OCCN)NC(=O)CCCCCCCCCCC/C=C\C/C=C\CCCCCCC. The molecule has 0 fully saturated rings. The average molecular weight is 737 g/mol. The van der Waals surface area contributed by atoms with Gasteiger partial charge in [0.05, 0.1) is 25.4 Å². The van der Waals surface area contributed by atoms with Gasteiger partial charge >= 0.3 is 7.82 Å². The summed E-state index contributed by atoms with van der Waals surface area (Å²) in [6.45, 7) is 4.00. The van der Waals surface area contributed by atoms with E-state index in [9.17, 15) is 19.4 Å². The van der Waals surface area contributed by atoms with Gasteiger partial charge in [0.25, 0.3) is 0 Å². The van der Waals surface area contributed by atoms with E-state index >= 15 is 0 Å². The van der Waals surface area contributed by atoms with Gasteiger partial charge in [-0.3, -0.25) is 13.8 Å². The number of carbonyl (C=O) groups is 1. The van der Waals surface area contributed by atoms with Gasteiger partial charge in [0.2, 0.25) is 5.91 Å². The Morgan fingerprint density at radius 2 is 1.14 bits per heavy atom. The summed E-state index contributed by atoms with van der Waals surface area (Å²) in [5.74, 6) is -0.217. The molecule has 1 amide bonds. The first-order valence-electron chi connectivity index (χ1n) is 20.4. The molecule has 0 saturated carbocycles.